The third-order valence-electron chi connectivity index (χ3n) is 3.05. The molecule has 3 rings (SSSR count). The fourth-order valence-corrected chi connectivity index (χ4v) is 1.84. The first-order valence-corrected chi connectivity index (χ1v) is 6.44. The minimum Gasteiger partial charge on any atom is -0.322 e. The van der Waals surface area contributed by atoms with Crippen LogP contribution in [0.25, 0.3) is 5.82 Å². The maximum Gasteiger partial charge on any atom is 0.228 e. The summed E-state index contributed by atoms with van der Waals surface area (Å²) < 4.78 is 1.54. The number of carbonyl (C=O) groups excluding carboxylic acids is 1. The third-order valence-corrected chi connectivity index (χ3v) is 3.05. The van der Waals surface area contributed by atoms with E-state index in [1.807, 2.05) is 6.92 Å². The highest BCUT2D eigenvalue weighted by atomic mass is 16.2. The van der Waals surface area contributed by atoms with Crippen LogP contribution in [0.2, 0.25) is 0 Å². The summed E-state index contributed by atoms with van der Waals surface area (Å²) in [5, 5.41) is 6.87. The monoisotopic (exact) mass is 273 g/mol. The molecule has 0 unspecified atom stereocenters. The molecule has 1 aliphatic carbocycles. The first kappa shape index (κ1) is 12.7. The average Bonchev–Trinajstić information content (AvgIpc) is 3.16. The Kier molecular flexibility index (Phi) is 3.15. The van der Waals surface area contributed by atoms with Crippen molar-refractivity contribution < 1.29 is 4.79 Å². The zero-order valence-corrected chi connectivity index (χ0v) is 11.0. The molecule has 0 saturated heterocycles. The number of amides is 1. The highest BCUT2D eigenvalue weighted by Crippen LogP contribution is 2.30. The quantitative estimate of drug-likeness (QED) is 0.835. The standard InChI is InChI=1S/C12H15N7O/c1-7(13)11-16-6-17-19(11)10-4-9(14-5-15-10)18-12(20)8-2-3-8/h4-8H,2-3,13H2,1H3,(H,14,15,18,20)/t7-/m0/s1. The summed E-state index contributed by atoms with van der Waals surface area (Å²) in [5.41, 5.74) is 5.83. The van der Waals surface area contributed by atoms with E-state index in [1.54, 1.807) is 10.7 Å². The molecule has 1 atom stereocenters. The molecule has 1 aliphatic rings. The molecule has 2 aromatic rings. The van der Waals surface area contributed by atoms with Gasteiger partial charge in [-0.05, 0) is 19.8 Å². The SMILES string of the molecule is C[C@H](N)c1ncnn1-c1cc(NC(=O)C2CC2)ncn1. The van der Waals surface area contributed by atoms with Gasteiger partial charge in [0, 0.05) is 12.0 Å². The molecule has 0 aromatic carbocycles. The van der Waals surface area contributed by atoms with Crippen LogP contribution >= 0.6 is 0 Å². The van der Waals surface area contributed by atoms with Crippen molar-refractivity contribution >= 4 is 11.7 Å². The lowest BCUT2D eigenvalue weighted by atomic mass is 10.3. The fourth-order valence-electron chi connectivity index (χ4n) is 1.84. The summed E-state index contributed by atoms with van der Waals surface area (Å²) in [6.45, 7) is 1.82. The van der Waals surface area contributed by atoms with E-state index in [0.717, 1.165) is 12.8 Å². The highest BCUT2D eigenvalue weighted by Gasteiger charge is 2.29. The third kappa shape index (κ3) is 2.50. The molecule has 0 aliphatic heterocycles. The number of hydrogen-bond acceptors (Lipinski definition) is 6. The Bertz CT molecular complexity index is 632. The summed E-state index contributed by atoms with van der Waals surface area (Å²) in [6.07, 6.45) is 4.69. The second kappa shape index (κ2) is 4.97. The van der Waals surface area contributed by atoms with Crippen LogP contribution in [0.3, 0.4) is 0 Å². The van der Waals surface area contributed by atoms with Crippen molar-refractivity contribution in [1.29, 1.82) is 0 Å². The first-order chi connectivity index (χ1) is 9.65. The van der Waals surface area contributed by atoms with Crippen molar-refractivity contribution in [3.8, 4) is 5.82 Å². The van der Waals surface area contributed by atoms with E-state index in [4.69, 9.17) is 5.73 Å². The summed E-state index contributed by atoms with van der Waals surface area (Å²) in [7, 11) is 0. The summed E-state index contributed by atoms with van der Waals surface area (Å²) >= 11 is 0. The lowest BCUT2D eigenvalue weighted by Crippen LogP contribution is -2.17. The average molecular weight is 273 g/mol. The predicted molar refractivity (Wildman–Crippen MR) is 70.9 cm³/mol. The number of anilines is 1. The Morgan fingerprint density at radius 2 is 2.20 bits per heavy atom. The van der Waals surface area contributed by atoms with Crippen LogP contribution in [0.1, 0.15) is 31.6 Å². The Labute approximate surface area is 115 Å². The smallest absolute Gasteiger partial charge is 0.228 e. The zero-order valence-electron chi connectivity index (χ0n) is 11.0. The molecule has 2 aromatic heterocycles. The summed E-state index contributed by atoms with van der Waals surface area (Å²) in [5.74, 6) is 1.71. The van der Waals surface area contributed by atoms with Gasteiger partial charge in [-0.1, -0.05) is 0 Å². The van der Waals surface area contributed by atoms with E-state index in [1.165, 1.54) is 12.7 Å². The van der Waals surface area contributed by atoms with Crippen LogP contribution in [0.4, 0.5) is 5.82 Å². The number of aromatic nitrogens is 5. The molecule has 1 amide bonds. The Morgan fingerprint density at radius 3 is 2.90 bits per heavy atom. The lowest BCUT2D eigenvalue weighted by Gasteiger charge is -2.09. The molecule has 0 spiro atoms. The van der Waals surface area contributed by atoms with Crippen molar-refractivity contribution in [2.24, 2.45) is 11.7 Å². The molecule has 8 heteroatoms. The highest BCUT2D eigenvalue weighted by molar-refractivity contribution is 5.93. The van der Waals surface area contributed by atoms with Gasteiger partial charge < -0.3 is 11.1 Å². The van der Waals surface area contributed by atoms with E-state index in [-0.39, 0.29) is 17.9 Å². The van der Waals surface area contributed by atoms with E-state index in [9.17, 15) is 4.79 Å². The van der Waals surface area contributed by atoms with Crippen LogP contribution < -0.4 is 11.1 Å². The van der Waals surface area contributed by atoms with Crippen molar-refractivity contribution in [3.05, 3.63) is 24.5 Å². The lowest BCUT2D eigenvalue weighted by molar-refractivity contribution is -0.117. The number of hydrogen-bond donors (Lipinski definition) is 2. The van der Waals surface area contributed by atoms with E-state index in [0.29, 0.717) is 17.5 Å². The zero-order chi connectivity index (χ0) is 14.1. The predicted octanol–water partition coefficient (Wildman–Crippen LogP) is 0.425. The number of nitrogens with zero attached hydrogens (tertiary/aromatic N) is 5. The molecular weight excluding hydrogens is 258 g/mol. The van der Waals surface area contributed by atoms with Crippen LogP contribution in [0, 0.1) is 5.92 Å². The number of carbonyl (C=O) groups is 1. The van der Waals surface area contributed by atoms with Gasteiger partial charge in [-0.3, -0.25) is 4.79 Å². The van der Waals surface area contributed by atoms with Crippen LogP contribution in [-0.4, -0.2) is 30.6 Å². The Hall–Kier alpha value is -2.35. The molecular formula is C12H15N7O. The fraction of sp³-hybridized carbons (Fsp3) is 0.417. The van der Waals surface area contributed by atoms with E-state index < -0.39 is 0 Å². The Morgan fingerprint density at radius 1 is 1.40 bits per heavy atom. The van der Waals surface area contributed by atoms with Gasteiger partial charge >= 0.3 is 0 Å². The van der Waals surface area contributed by atoms with Crippen molar-refractivity contribution in [2.75, 3.05) is 5.32 Å². The number of nitrogens with two attached hydrogens (primary N) is 1. The van der Waals surface area contributed by atoms with Crippen LogP contribution in [0.15, 0.2) is 18.7 Å². The maximum absolute atomic E-state index is 11.7. The van der Waals surface area contributed by atoms with Gasteiger partial charge in [0.25, 0.3) is 0 Å². The molecule has 1 saturated carbocycles. The van der Waals surface area contributed by atoms with Gasteiger partial charge in [-0.15, -0.1) is 0 Å². The second-order valence-electron chi connectivity index (χ2n) is 4.84. The van der Waals surface area contributed by atoms with Gasteiger partial charge in [0.2, 0.25) is 5.91 Å². The molecule has 104 valence electrons. The van der Waals surface area contributed by atoms with Gasteiger partial charge in [0.1, 0.15) is 18.5 Å². The molecule has 8 nitrogen and oxygen atoms in total. The molecule has 0 bridgehead atoms. The maximum atomic E-state index is 11.7. The first-order valence-electron chi connectivity index (χ1n) is 6.44. The number of nitrogens with one attached hydrogen (secondary N) is 1. The molecule has 2 heterocycles. The van der Waals surface area contributed by atoms with E-state index in [2.05, 4.69) is 25.4 Å². The largest absolute Gasteiger partial charge is 0.322 e. The van der Waals surface area contributed by atoms with E-state index >= 15 is 0 Å². The molecule has 20 heavy (non-hydrogen) atoms. The number of rotatable bonds is 4. The molecule has 0 radical (unpaired) electrons. The van der Waals surface area contributed by atoms with Crippen molar-refractivity contribution in [3.63, 3.8) is 0 Å². The van der Waals surface area contributed by atoms with Gasteiger partial charge in [0.05, 0.1) is 6.04 Å². The van der Waals surface area contributed by atoms with Crippen molar-refractivity contribution in [1.82, 2.24) is 24.7 Å². The topological polar surface area (TPSA) is 112 Å². The summed E-state index contributed by atoms with van der Waals surface area (Å²) in [4.78, 5) is 24.0. The Balaban J connectivity index is 1.86. The normalized spacial score (nSPS) is 15.9. The molecule has 1 fully saturated rings. The van der Waals surface area contributed by atoms with Gasteiger partial charge in [-0.25, -0.2) is 15.0 Å². The van der Waals surface area contributed by atoms with Crippen molar-refractivity contribution in [2.45, 2.75) is 25.8 Å². The summed E-state index contributed by atoms with van der Waals surface area (Å²) in [6, 6.07) is 1.39. The van der Waals surface area contributed by atoms with Crippen LogP contribution in [0.5, 0.6) is 0 Å². The molecule has 3 N–H and O–H groups in total. The minimum absolute atomic E-state index is 0.000608. The van der Waals surface area contributed by atoms with Gasteiger partial charge in [-0.2, -0.15) is 9.78 Å². The second-order valence-corrected chi connectivity index (χ2v) is 4.84. The van der Waals surface area contributed by atoms with Gasteiger partial charge in [0.15, 0.2) is 11.6 Å². The van der Waals surface area contributed by atoms with Crippen LogP contribution in [-0.2, 0) is 4.79 Å². The minimum atomic E-state index is -0.267.